The van der Waals surface area contributed by atoms with E-state index in [-0.39, 0.29) is 5.69 Å². The third-order valence-electron chi connectivity index (χ3n) is 3.18. The van der Waals surface area contributed by atoms with Gasteiger partial charge in [0.2, 0.25) is 0 Å². The smallest absolute Gasteiger partial charge is 0.312 e. The van der Waals surface area contributed by atoms with Crippen LogP contribution in [0.5, 0.6) is 5.75 Å². The van der Waals surface area contributed by atoms with E-state index in [0.29, 0.717) is 24.5 Å². The summed E-state index contributed by atoms with van der Waals surface area (Å²) in [7, 11) is 0. The van der Waals surface area contributed by atoms with Crippen LogP contribution >= 0.6 is 0 Å². The number of hydrogen-bond acceptors (Lipinski definition) is 4. The van der Waals surface area contributed by atoms with Crippen molar-refractivity contribution < 1.29 is 9.66 Å². The number of aromatic nitrogens is 2. The first-order valence-corrected chi connectivity index (χ1v) is 6.37. The summed E-state index contributed by atoms with van der Waals surface area (Å²) < 4.78 is 7.29. The van der Waals surface area contributed by atoms with Gasteiger partial charge in [-0.1, -0.05) is 18.2 Å². The van der Waals surface area contributed by atoms with Crippen LogP contribution in [0.3, 0.4) is 0 Å². The molecular weight excluding hydrogens is 258 g/mol. The van der Waals surface area contributed by atoms with Crippen LogP contribution in [0.4, 0.5) is 5.69 Å². The number of aryl methyl sites for hydroxylation is 2. The fourth-order valence-corrected chi connectivity index (χ4v) is 2.13. The molecule has 2 aromatic rings. The molecule has 1 aromatic carbocycles. The van der Waals surface area contributed by atoms with Gasteiger partial charge < -0.3 is 4.74 Å². The quantitative estimate of drug-likeness (QED) is 0.621. The Labute approximate surface area is 117 Å². The maximum absolute atomic E-state index is 10.9. The van der Waals surface area contributed by atoms with Crippen molar-refractivity contribution in [2.75, 3.05) is 6.61 Å². The van der Waals surface area contributed by atoms with Crippen LogP contribution in [0.15, 0.2) is 24.3 Å². The van der Waals surface area contributed by atoms with E-state index in [1.54, 1.807) is 18.5 Å². The lowest BCUT2D eigenvalue weighted by atomic mass is 10.2. The molecule has 20 heavy (non-hydrogen) atoms. The molecule has 0 fully saturated rings. The molecule has 0 N–H and O–H groups in total. The van der Waals surface area contributed by atoms with Crippen LogP contribution in [0, 0.1) is 30.9 Å². The van der Waals surface area contributed by atoms with E-state index in [9.17, 15) is 10.1 Å². The highest BCUT2D eigenvalue weighted by Gasteiger charge is 2.21. The van der Waals surface area contributed by atoms with Gasteiger partial charge in [-0.25, -0.2) is 0 Å². The number of nitrogens with zero attached hydrogens (tertiary/aromatic N) is 3. The van der Waals surface area contributed by atoms with Crippen molar-refractivity contribution in [3.8, 4) is 5.75 Å². The van der Waals surface area contributed by atoms with E-state index in [4.69, 9.17) is 4.74 Å². The van der Waals surface area contributed by atoms with Crippen LogP contribution < -0.4 is 4.74 Å². The topological polar surface area (TPSA) is 70.2 Å². The van der Waals surface area contributed by atoms with Crippen molar-refractivity contribution in [3.63, 3.8) is 0 Å². The number of nitro groups is 1. The highest BCUT2D eigenvalue weighted by Crippen LogP contribution is 2.22. The minimum Gasteiger partial charge on any atom is -0.491 e. The van der Waals surface area contributed by atoms with Crippen molar-refractivity contribution in [1.82, 2.24) is 9.78 Å². The van der Waals surface area contributed by atoms with Gasteiger partial charge in [0, 0.05) is 0 Å². The molecule has 6 heteroatoms. The van der Waals surface area contributed by atoms with Gasteiger partial charge in [-0.2, -0.15) is 5.10 Å². The normalized spacial score (nSPS) is 10.6. The van der Waals surface area contributed by atoms with Gasteiger partial charge in [0.05, 0.1) is 11.5 Å². The van der Waals surface area contributed by atoms with Gasteiger partial charge in [0.25, 0.3) is 0 Å². The van der Waals surface area contributed by atoms with Gasteiger partial charge >= 0.3 is 5.69 Å². The summed E-state index contributed by atoms with van der Waals surface area (Å²) in [5.41, 5.74) is 2.14. The summed E-state index contributed by atoms with van der Waals surface area (Å²) in [4.78, 5) is 10.5. The lowest BCUT2D eigenvalue weighted by Gasteiger charge is -2.09. The summed E-state index contributed by atoms with van der Waals surface area (Å²) in [6, 6.07) is 7.74. The first-order valence-electron chi connectivity index (χ1n) is 6.37. The summed E-state index contributed by atoms with van der Waals surface area (Å²) in [6.07, 6.45) is 0. The SMILES string of the molecule is Cc1ccccc1OCCn1nc(C)c([N+](=O)[O-])c1C. The second kappa shape index (κ2) is 5.73. The number of ether oxygens (including phenoxy) is 1. The fraction of sp³-hybridized carbons (Fsp3) is 0.357. The first-order chi connectivity index (χ1) is 9.50. The van der Waals surface area contributed by atoms with Gasteiger partial charge in [-0.3, -0.25) is 14.8 Å². The second-order valence-electron chi connectivity index (χ2n) is 4.61. The molecule has 106 valence electrons. The molecule has 0 bridgehead atoms. The maximum Gasteiger partial charge on any atom is 0.312 e. The van der Waals surface area contributed by atoms with E-state index in [0.717, 1.165) is 11.3 Å². The van der Waals surface area contributed by atoms with Crippen LogP contribution in [0.1, 0.15) is 17.0 Å². The Hall–Kier alpha value is -2.37. The van der Waals surface area contributed by atoms with Gasteiger partial charge in [0.15, 0.2) is 0 Å². The van der Waals surface area contributed by atoms with Crippen molar-refractivity contribution in [2.45, 2.75) is 27.3 Å². The molecule has 0 aliphatic heterocycles. The Bertz CT molecular complexity index is 635. The summed E-state index contributed by atoms with van der Waals surface area (Å²) >= 11 is 0. The van der Waals surface area contributed by atoms with E-state index in [1.807, 2.05) is 31.2 Å². The van der Waals surface area contributed by atoms with Crippen LogP contribution in [-0.4, -0.2) is 21.3 Å². The zero-order valence-electron chi connectivity index (χ0n) is 11.8. The zero-order valence-corrected chi connectivity index (χ0v) is 11.8. The van der Waals surface area contributed by atoms with Crippen molar-refractivity contribution in [2.24, 2.45) is 0 Å². The van der Waals surface area contributed by atoms with Gasteiger partial charge in [0.1, 0.15) is 23.7 Å². The molecule has 6 nitrogen and oxygen atoms in total. The Morgan fingerprint density at radius 2 is 2.00 bits per heavy atom. The molecule has 2 rings (SSSR count). The molecule has 0 saturated heterocycles. The molecule has 0 radical (unpaired) electrons. The molecule has 0 spiro atoms. The van der Waals surface area contributed by atoms with Gasteiger partial charge in [-0.15, -0.1) is 0 Å². The summed E-state index contributed by atoms with van der Waals surface area (Å²) in [6.45, 7) is 6.22. The summed E-state index contributed by atoms with van der Waals surface area (Å²) in [5.74, 6) is 0.823. The minimum atomic E-state index is -0.392. The molecule has 0 aliphatic rings. The Morgan fingerprint density at radius 3 is 2.60 bits per heavy atom. The molecule has 0 unspecified atom stereocenters. The molecule has 0 saturated carbocycles. The third-order valence-corrected chi connectivity index (χ3v) is 3.18. The average Bonchev–Trinajstić information content (AvgIpc) is 2.67. The molecule has 1 heterocycles. The number of hydrogen-bond donors (Lipinski definition) is 0. The Kier molecular flexibility index (Phi) is 4.02. The molecule has 0 amide bonds. The molecule has 0 atom stereocenters. The van der Waals surface area contributed by atoms with E-state index in [1.165, 1.54) is 0 Å². The lowest BCUT2D eigenvalue weighted by Crippen LogP contribution is -2.11. The Balaban J connectivity index is 2.04. The van der Waals surface area contributed by atoms with Crippen LogP contribution in [0.25, 0.3) is 0 Å². The van der Waals surface area contributed by atoms with E-state index >= 15 is 0 Å². The lowest BCUT2D eigenvalue weighted by molar-refractivity contribution is -0.386. The molecule has 1 aromatic heterocycles. The average molecular weight is 275 g/mol. The van der Waals surface area contributed by atoms with Crippen LogP contribution in [-0.2, 0) is 6.54 Å². The molecular formula is C14H17N3O3. The highest BCUT2D eigenvalue weighted by atomic mass is 16.6. The monoisotopic (exact) mass is 275 g/mol. The third kappa shape index (κ3) is 2.79. The summed E-state index contributed by atoms with van der Waals surface area (Å²) in [5, 5.41) is 15.1. The zero-order chi connectivity index (χ0) is 14.7. The predicted octanol–water partition coefficient (Wildman–Crippen LogP) is 2.80. The largest absolute Gasteiger partial charge is 0.491 e. The van der Waals surface area contributed by atoms with E-state index in [2.05, 4.69) is 5.10 Å². The van der Waals surface area contributed by atoms with Gasteiger partial charge in [-0.05, 0) is 32.4 Å². The fourth-order valence-electron chi connectivity index (χ4n) is 2.13. The van der Waals surface area contributed by atoms with E-state index < -0.39 is 4.92 Å². The number of benzene rings is 1. The predicted molar refractivity (Wildman–Crippen MR) is 75.0 cm³/mol. The Morgan fingerprint density at radius 1 is 1.30 bits per heavy atom. The van der Waals surface area contributed by atoms with Crippen molar-refractivity contribution in [1.29, 1.82) is 0 Å². The minimum absolute atomic E-state index is 0.0842. The van der Waals surface area contributed by atoms with Crippen LogP contribution in [0.2, 0.25) is 0 Å². The second-order valence-corrected chi connectivity index (χ2v) is 4.61. The number of rotatable bonds is 5. The number of para-hydroxylation sites is 1. The van der Waals surface area contributed by atoms with Crippen molar-refractivity contribution in [3.05, 3.63) is 51.3 Å². The van der Waals surface area contributed by atoms with Crippen molar-refractivity contribution >= 4 is 5.69 Å². The highest BCUT2D eigenvalue weighted by molar-refractivity contribution is 5.39. The molecule has 0 aliphatic carbocycles. The maximum atomic E-state index is 10.9. The first kappa shape index (κ1) is 14.0. The standard InChI is InChI=1S/C14H17N3O3/c1-10-6-4-5-7-13(10)20-9-8-16-12(3)14(17(18)19)11(2)15-16/h4-7H,8-9H2,1-3H3.